The minimum Gasteiger partial charge on any atom is -0.507 e. The van der Waals surface area contributed by atoms with Gasteiger partial charge in [-0.1, -0.05) is 46.3 Å². The molecule has 0 fully saturated rings. The minimum absolute atomic E-state index is 0.113. The molecular formula is C17H17BrN2O3. The van der Waals surface area contributed by atoms with Crippen LogP contribution in [-0.2, 0) is 11.3 Å². The lowest BCUT2D eigenvalue weighted by Gasteiger charge is -2.15. The van der Waals surface area contributed by atoms with Crippen molar-refractivity contribution in [2.24, 2.45) is 0 Å². The Balaban J connectivity index is 1.92. The first-order valence-corrected chi connectivity index (χ1v) is 7.87. The van der Waals surface area contributed by atoms with Gasteiger partial charge in [0, 0.05) is 11.0 Å². The second kappa shape index (κ2) is 7.78. The topological polar surface area (TPSA) is 78.4 Å². The van der Waals surface area contributed by atoms with E-state index in [1.807, 2.05) is 30.3 Å². The van der Waals surface area contributed by atoms with Gasteiger partial charge in [0.2, 0.25) is 5.91 Å². The van der Waals surface area contributed by atoms with E-state index in [4.69, 9.17) is 0 Å². The molecule has 2 aromatic carbocycles. The summed E-state index contributed by atoms with van der Waals surface area (Å²) in [4.78, 5) is 24.2. The third-order valence-corrected chi connectivity index (χ3v) is 3.75. The van der Waals surface area contributed by atoms with Crippen molar-refractivity contribution in [2.45, 2.75) is 19.5 Å². The maximum absolute atomic E-state index is 12.1. The van der Waals surface area contributed by atoms with Crippen molar-refractivity contribution in [3.05, 3.63) is 64.1 Å². The molecule has 1 atom stereocenters. The summed E-state index contributed by atoms with van der Waals surface area (Å²) in [5, 5.41) is 15.1. The molecule has 2 amide bonds. The maximum atomic E-state index is 12.1. The molecule has 0 aliphatic carbocycles. The smallest absolute Gasteiger partial charge is 0.255 e. The summed E-state index contributed by atoms with van der Waals surface area (Å²) < 4.78 is 0.668. The monoisotopic (exact) mass is 376 g/mol. The summed E-state index contributed by atoms with van der Waals surface area (Å²) in [5.41, 5.74) is 1.09. The Labute approximate surface area is 142 Å². The lowest BCUT2D eigenvalue weighted by molar-refractivity contribution is -0.122. The number of benzene rings is 2. The number of hydrogen-bond donors (Lipinski definition) is 3. The highest BCUT2D eigenvalue weighted by Crippen LogP contribution is 2.21. The summed E-state index contributed by atoms with van der Waals surface area (Å²) in [6.07, 6.45) is 0. The molecule has 5 nitrogen and oxygen atoms in total. The summed E-state index contributed by atoms with van der Waals surface area (Å²) in [6.45, 7) is 1.98. The predicted octanol–water partition coefficient (Wildman–Crippen LogP) is 2.59. The van der Waals surface area contributed by atoms with Crippen LogP contribution in [0, 0.1) is 0 Å². The van der Waals surface area contributed by atoms with Crippen molar-refractivity contribution in [2.75, 3.05) is 0 Å². The van der Waals surface area contributed by atoms with Crippen molar-refractivity contribution in [1.82, 2.24) is 10.6 Å². The highest BCUT2D eigenvalue weighted by Gasteiger charge is 2.18. The van der Waals surface area contributed by atoms with E-state index in [0.29, 0.717) is 11.0 Å². The van der Waals surface area contributed by atoms with E-state index in [2.05, 4.69) is 26.6 Å². The van der Waals surface area contributed by atoms with Crippen LogP contribution in [0.25, 0.3) is 0 Å². The first-order valence-electron chi connectivity index (χ1n) is 7.08. The predicted molar refractivity (Wildman–Crippen MR) is 91.0 cm³/mol. The molecular weight excluding hydrogens is 360 g/mol. The number of hydrogen-bond acceptors (Lipinski definition) is 3. The van der Waals surface area contributed by atoms with Gasteiger partial charge in [-0.2, -0.15) is 0 Å². The van der Waals surface area contributed by atoms with E-state index < -0.39 is 11.9 Å². The normalized spacial score (nSPS) is 11.6. The Morgan fingerprint density at radius 1 is 1.17 bits per heavy atom. The van der Waals surface area contributed by atoms with Gasteiger partial charge in [0.25, 0.3) is 5.91 Å². The summed E-state index contributed by atoms with van der Waals surface area (Å²) in [7, 11) is 0. The molecule has 0 spiro atoms. The van der Waals surface area contributed by atoms with Crippen LogP contribution in [0.2, 0.25) is 0 Å². The Morgan fingerprint density at radius 2 is 1.87 bits per heavy atom. The van der Waals surface area contributed by atoms with Crippen LogP contribution in [-0.4, -0.2) is 23.0 Å². The second-order valence-electron chi connectivity index (χ2n) is 5.06. The van der Waals surface area contributed by atoms with Gasteiger partial charge in [-0.15, -0.1) is 0 Å². The Morgan fingerprint density at radius 3 is 2.57 bits per heavy atom. The number of phenols is 1. The van der Waals surface area contributed by atoms with Crippen LogP contribution >= 0.6 is 15.9 Å². The average molecular weight is 377 g/mol. The molecule has 6 heteroatoms. The zero-order valence-corrected chi connectivity index (χ0v) is 14.1. The number of rotatable bonds is 5. The van der Waals surface area contributed by atoms with E-state index in [1.54, 1.807) is 13.0 Å². The van der Waals surface area contributed by atoms with Gasteiger partial charge in [0.15, 0.2) is 0 Å². The van der Waals surface area contributed by atoms with Gasteiger partial charge < -0.3 is 15.7 Å². The first kappa shape index (κ1) is 17.0. The van der Waals surface area contributed by atoms with E-state index in [9.17, 15) is 14.7 Å². The van der Waals surface area contributed by atoms with Gasteiger partial charge in [-0.25, -0.2) is 0 Å². The van der Waals surface area contributed by atoms with Gasteiger partial charge >= 0.3 is 0 Å². The highest BCUT2D eigenvalue weighted by molar-refractivity contribution is 9.10. The van der Waals surface area contributed by atoms with Crippen molar-refractivity contribution >= 4 is 27.7 Å². The molecule has 2 rings (SSSR count). The molecule has 0 aliphatic heterocycles. The van der Waals surface area contributed by atoms with Crippen molar-refractivity contribution in [3.63, 3.8) is 0 Å². The summed E-state index contributed by atoms with van der Waals surface area (Å²) in [6, 6.07) is 13.3. The van der Waals surface area contributed by atoms with Gasteiger partial charge in [0.1, 0.15) is 11.8 Å². The third kappa shape index (κ3) is 4.82. The number of carbonyl (C=O) groups is 2. The first-order chi connectivity index (χ1) is 11.0. The largest absolute Gasteiger partial charge is 0.507 e. The average Bonchev–Trinajstić information content (AvgIpc) is 2.55. The van der Waals surface area contributed by atoms with Gasteiger partial charge in [0.05, 0.1) is 5.56 Å². The van der Waals surface area contributed by atoms with Crippen molar-refractivity contribution < 1.29 is 14.7 Å². The number of halogens is 1. The van der Waals surface area contributed by atoms with Crippen molar-refractivity contribution in [1.29, 1.82) is 0 Å². The summed E-state index contributed by atoms with van der Waals surface area (Å²) in [5.74, 6) is -0.939. The summed E-state index contributed by atoms with van der Waals surface area (Å²) >= 11 is 3.24. The van der Waals surface area contributed by atoms with E-state index in [0.717, 1.165) is 5.56 Å². The molecule has 0 saturated carbocycles. The fraction of sp³-hybridized carbons (Fsp3) is 0.176. The lowest BCUT2D eigenvalue weighted by Crippen LogP contribution is -2.44. The van der Waals surface area contributed by atoms with Crippen LogP contribution in [0.15, 0.2) is 53.0 Å². The molecule has 3 N–H and O–H groups in total. The Hall–Kier alpha value is -2.34. The zero-order valence-electron chi connectivity index (χ0n) is 12.5. The molecule has 0 aromatic heterocycles. The van der Waals surface area contributed by atoms with Crippen LogP contribution in [0.5, 0.6) is 5.75 Å². The quantitative estimate of drug-likeness (QED) is 0.750. The molecule has 0 heterocycles. The molecule has 23 heavy (non-hydrogen) atoms. The molecule has 0 radical (unpaired) electrons. The lowest BCUT2D eigenvalue weighted by atomic mass is 10.1. The van der Waals surface area contributed by atoms with Crippen molar-refractivity contribution in [3.8, 4) is 5.75 Å². The molecule has 0 aliphatic rings. The van der Waals surface area contributed by atoms with Crippen LogP contribution in [0.4, 0.5) is 0 Å². The van der Waals surface area contributed by atoms with E-state index >= 15 is 0 Å². The molecule has 2 aromatic rings. The van der Waals surface area contributed by atoms with Crippen LogP contribution in [0.3, 0.4) is 0 Å². The SMILES string of the molecule is CC(NC(=O)c1cc(Br)ccc1O)C(=O)NCc1ccccc1. The number of nitrogens with one attached hydrogen (secondary N) is 2. The van der Waals surface area contributed by atoms with E-state index in [1.165, 1.54) is 12.1 Å². The standard InChI is InChI=1S/C17H17BrN2O3/c1-11(16(22)19-10-12-5-3-2-4-6-12)20-17(23)14-9-13(18)7-8-15(14)21/h2-9,11,21H,10H2,1H3,(H,19,22)(H,20,23). The molecule has 0 saturated heterocycles. The zero-order chi connectivity index (χ0) is 16.8. The Kier molecular flexibility index (Phi) is 5.76. The number of phenolic OH excluding ortho intramolecular Hbond substituents is 1. The number of aromatic hydroxyl groups is 1. The van der Waals surface area contributed by atoms with Gasteiger partial charge in [-0.3, -0.25) is 9.59 Å². The van der Waals surface area contributed by atoms with Crippen LogP contribution < -0.4 is 10.6 Å². The molecule has 120 valence electrons. The molecule has 0 bridgehead atoms. The highest BCUT2D eigenvalue weighted by atomic mass is 79.9. The maximum Gasteiger partial charge on any atom is 0.255 e. The third-order valence-electron chi connectivity index (χ3n) is 3.25. The minimum atomic E-state index is -0.718. The van der Waals surface area contributed by atoms with E-state index in [-0.39, 0.29) is 17.2 Å². The number of amides is 2. The number of carbonyl (C=O) groups excluding carboxylic acids is 2. The fourth-order valence-corrected chi connectivity index (χ4v) is 2.33. The Bertz CT molecular complexity index is 704. The second-order valence-corrected chi connectivity index (χ2v) is 5.98. The molecule has 1 unspecified atom stereocenters. The fourth-order valence-electron chi connectivity index (χ4n) is 1.97. The van der Waals surface area contributed by atoms with Crippen LogP contribution in [0.1, 0.15) is 22.8 Å². The van der Waals surface area contributed by atoms with Gasteiger partial charge in [-0.05, 0) is 30.7 Å².